The molecule has 0 aliphatic carbocycles. The number of carbonyl (C=O) groups excluding carboxylic acids is 1. The minimum atomic E-state index is -0.732. The number of nitro benzene ring substituents is 1. The molecule has 2 rings (SSSR count). The van der Waals surface area contributed by atoms with Gasteiger partial charge >= 0.3 is 0 Å². The smallest absolute Gasteiger partial charge is 0.274 e. The van der Waals surface area contributed by atoms with Crippen molar-refractivity contribution in [1.82, 2.24) is 0 Å². The van der Waals surface area contributed by atoms with E-state index in [1.807, 2.05) is 32.0 Å². The van der Waals surface area contributed by atoms with E-state index in [1.54, 1.807) is 19.9 Å². The second-order valence-electron chi connectivity index (χ2n) is 5.78. The molecule has 0 bridgehead atoms. The van der Waals surface area contributed by atoms with Crippen LogP contribution in [0.5, 0.6) is 5.75 Å². The summed E-state index contributed by atoms with van der Waals surface area (Å²) in [6.45, 7) is 7.15. The van der Waals surface area contributed by atoms with Gasteiger partial charge in [0, 0.05) is 6.07 Å². The van der Waals surface area contributed by atoms with Crippen molar-refractivity contribution in [3.63, 3.8) is 0 Å². The molecule has 0 unspecified atom stereocenters. The summed E-state index contributed by atoms with van der Waals surface area (Å²) in [5.41, 5.74) is 2.88. The lowest BCUT2D eigenvalue weighted by Crippen LogP contribution is -2.30. The van der Waals surface area contributed by atoms with Crippen LogP contribution in [0.1, 0.15) is 23.6 Å². The van der Waals surface area contributed by atoms with Crippen molar-refractivity contribution in [2.24, 2.45) is 0 Å². The van der Waals surface area contributed by atoms with Gasteiger partial charge in [0.15, 0.2) is 6.10 Å². The fourth-order valence-corrected chi connectivity index (χ4v) is 2.45. The lowest BCUT2D eigenvalue weighted by atomic mass is 10.1. The summed E-state index contributed by atoms with van der Waals surface area (Å²) < 4.78 is 5.68. The summed E-state index contributed by atoms with van der Waals surface area (Å²) in [5, 5.41) is 13.7. The number of hydrogen-bond acceptors (Lipinski definition) is 4. The topological polar surface area (TPSA) is 81.5 Å². The van der Waals surface area contributed by atoms with Gasteiger partial charge in [-0.05, 0) is 57.0 Å². The zero-order chi connectivity index (χ0) is 17.9. The second kappa shape index (κ2) is 7.12. The molecular formula is C18H20N2O4. The molecule has 6 heteroatoms. The maximum Gasteiger partial charge on any atom is 0.274 e. The van der Waals surface area contributed by atoms with E-state index in [-0.39, 0.29) is 11.6 Å². The highest BCUT2D eigenvalue weighted by Gasteiger charge is 2.19. The molecule has 6 nitrogen and oxygen atoms in total. The fourth-order valence-electron chi connectivity index (χ4n) is 2.45. The molecule has 0 aliphatic heterocycles. The van der Waals surface area contributed by atoms with Crippen molar-refractivity contribution in [1.29, 1.82) is 0 Å². The Labute approximate surface area is 140 Å². The average Bonchev–Trinajstić information content (AvgIpc) is 2.47. The Bertz CT molecular complexity index is 766. The number of benzene rings is 2. The van der Waals surface area contributed by atoms with Crippen LogP contribution < -0.4 is 10.1 Å². The number of aryl methyl sites for hydroxylation is 2. The van der Waals surface area contributed by atoms with Gasteiger partial charge in [-0.2, -0.15) is 0 Å². The van der Waals surface area contributed by atoms with Gasteiger partial charge in [0.1, 0.15) is 5.75 Å². The lowest BCUT2D eigenvalue weighted by Gasteiger charge is -2.16. The summed E-state index contributed by atoms with van der Waals surface area (Å²) in [7, 11) is 0. The normalized spacial score (nSPS) is 11.7. The van der Waals surface area contributed by atoms with E-state index >= 15 is 0 Å². The number of anilines is 1. The van der Waals surface area contributed by atoms with Crippen LogP contribution in [-0.2, 0) is 4.79 Å². The number of ether oxygens (including phenoxy) is 1. The monoisotopic (exact) mass is 328 g/mol. The third-order valence-electron chi connectivity index (χ3n) is 3.64. The minimum absolute atomic E-state index is 0.0318. The Morgan fingerprint density at radius 1 is 1.17 bits per heavy atom. The van der Waals surface area contributed by atoms with Gasteiger partial charge in [0.2, 0.25) is 0 Å². The number of rotatable bonds is 5. The standard InChI is InChI=1S/C18H20N2O4/c1-11-8-12(2)10-15(9-11)24-14(4)18(21)19-16-6-5-7-17(13(16)3)20(22)23/h5-10,14H,1-4H3,(H,19,21)/t14-/m1/s1. The predicted octanol–water partition coefficient (Wildman–Crippen LogP) is 3.93. The van der Waals surface area contributed by atoms with Gasteiger partial charge in [-0.3, -0.25) is 14.9 Å². The molecule has 0 radical (unpaired) electrons. The Morgan fingerprint density at radius 3 is 2.38 bits per heavy atom. The van der Waals surface area contributed by atoms with Crippen LogP contribution in [0.4, 0.5) is 11.4 Å². The van der Waals surface area contributed by atoms with E-state index in [2.05, 4.69) is 5.32 Å². The zero-order valence-electron chi connectivity index (χ0n) is 14.1. The van der Waals surface area contributed by atoms with Crippen LogP contribution in [0, 0.1) is 30.9 Å². The largest absolute Gasteiger partial charge is 0.481 e. The maximum atomic E-state index is 12.3. The van der Waals surface area contributed by atoms with Crippen molar-refractivity contribution in [3.05, 3.63) is 63.2 Å². The van der Waals surface area contributed by atoms with Gasteiger partial charge in [-0.1, -0.05) is 12.1 Å². The molecule has 0 saturated carbocycles. The van der Waals surface area contributed by atoms with E-state index in [4.69, 9.17) is 4.74 Å². The molecular weight excluding hydrogens is 308 g/mol. The van der Waals surface area contributed by atoms with Crippen LogP contribution in [0.2, 0.25) is 0 Å². The summed E-state index contributed by atoms with van der Waals surface area (Å²) in [6, 6.07) is 10.3. The zero-order valence-corrected chi connectivity index (χ0v) is 14.1. The molecule has 1 atom stereocenters. The molecule has 2 aromatic carbocycles. The molecule has 0 fully saturated rings. The van der Waals surface area contributed by atoms with Crippen molar-refractivity contribution < 1.29 is 14.5 Å². The first-order valence-electron chi connectivity index (χ1n) is 7.57. The van der Waals surface area contributed by atoms with Crippen molar-refractivity contribution in [2.45, 2.75) is 33.8 Å². The van der Waals surface area contributed by atoms with Gasteiger partial charge in [0.25, 0.3) is 11.6 Å². The lowest BCUT2D eigenvalue weighted by molar-refractivity contribution is -0.385. The molecule has 126 valence electrons. The van der Waals surface area contributed by atoms with Crippen LogP contribution in [-0.4, -0.2) is 16.9 Å². The van der Waals surface area contributed by atoms with E-state index in [0.717, 1.165) is 11.1 Å². The Hall–Kier alpha value is -2.89. The number of carbonyl (C=O) groups is 1. The summed E-state index contributed by atoms with van der Waals surface area (Å²) >= 11 is 0. The summed E-state index contributed by atoms with van der Waals surface area (Å²) in [5.74, 6) is 0.253. The maximum absolute atomic E-state index is 12.3. The number of nitrogens with one attached hydrogen (secondary N) is 1. The molecule has 1 N–H and O–H groups in total. The van der Waals surface area contributed by atoms with E-state index in [1.165, 1.54) is 12.1 Å². The highest BCUT2D eigenvalue weighted by Crippen LogP contribution is 2.25. The second-order valence-corrected chi connectivity index (χ2v) is 5.78. The Morgan fingerprint density at radius 2 is 1.79 bits per heavy atom. The molecule has 0 spiro atoms. The summed E-state index contributed by atoms with van der Waals surface area (Å²) in [6.07, 6.45) is -0.732. The van der Waals surface area contributed by atoms with Gasteiger partial charge in [-0.15, -0.1) is 0 Å². The van der Waals surface area contributed by atoms with Gasteiger partial charge < -0.3 is 10.1 Å². The van der Waals surface area contributed by atoms with E-state index in [9.17, 15) is 14.9 Å². The van der Waals surface area contributed by atoms with E-state index in [0.29, 0.717) is 17.0 Å². The van der Waals surface area contributed by atoms with Crippen molar-refractivity contribution >= 4 is 17.3 Å². The average molecular weight is 328 g/mol. The van der Waals surface area contributed by atoms with Gasteiger partial charge in [-0.25, -0.2) is 0 Å². The van der Waals surface area contributed by atoms with Crippen LogP contribution in [0.15, 0.2) is 36.4 Å². The third-order valence-corrected chi connectivity index (χ3v) is 3.64. The van der Waals surface area contributed by atoms with Crippen LogP contribution in [0.25, 0.3) is 0 Å². The highest BCUT2D eigenvalue weighted by molar-refractivity contribution is 5.95. The third kappa shape index (κ3) is 4.10. The molecule has 1 amide bonds. The number of hydrogen-bond donors (Lipinski definition) is 1. The Balaban J connectivity index is 2.12. The first-order valence-corrected chi connectivity index (χ1v) is 7.57. The van der Waals surface area contributed by atoms with E-state index < -0.39 is 11.0 Å². The minimum Gasteiger partial charge on any atom is -0.481 e. The molecule has 0 saturated heterocycles. The molecule has 0 heterocycles. The molecule has 2 aromatic rings. The van der Waals surface area contributed by atoms with Crippen LogP contribution >= 0.6 is 0 Å². The highest BCUT2D eigenvalue weighted by atomic mass is 16.6. The summed E-state index contributed by atoms with van der Waals surface area (Å²) in [4.78, 5) is 22.8. The quantitative estimate of drug-likeness (QED) is 0.666. The molecule has 0 aliphatic rings. The first kappa shape index (κ1) is 17.5. The number of nitrogens with zero attached hydrogens (tertiary/aromatic N) is 1. The number of nitro groups is 1. The SMILES string of the molecule is Cc1cc(C)cc(O[C@H](C)C(=O)Nc2cccc([N+](=O)[O-])c2C)c1. The first-order chi connectivity index (χ1) is 11.3. The van der Waals surface area contributed by atoms with Crippen molar-refractivity contribution in [2.75, 3.05) is 5.32 Å². The Kier molecular flexibility index (Phi) is 5.18. The number of amides is 1. The van der Waals surface area contributed by atoms with Crippen LogP contribution in [0.3, 0.4) is 0 Å². The van der Waals surface area contributed by atoms with Gasteiger partial charge in [0.05, 0.1) is 16.2 Å². The predicted molar refractivity (Wildman–Crippen MR) is 92.5 cm³/mol. The van der Waals surface area contributed by atoms with Crippen molar-refractivity contribution in [3.8, 4) is 5.75 Å². The fraction of sp³-hybridized carbons (Fsp3) is 0.278. The molecule has 24 heavy (non-hydrogen) atoms. The molecule has 0 aromatic heterocycles.